The van der Waals surface area contributed by atoms with E-state index in [1.807, 2.05) is 36.6 Å². The Morgan fingerprint density at radius 3 is 2.30 bits per heavy atom. The number of carbonyl (C=O) groups is 1. The summed E-state index contributed by atoms with van der Waals surface area (Å²) in [5.41, 5.74) is 1.95. The number of nitrogens with zero attached hydrogens (tertiary/aromatic N) is 2. The average molecular weight is 333 g/mol. The van der Waals surface area contributed by atoms with Gasteiger partial charge in [-0.15, -0.1) is 11.8 Å². The van der Waals surface area contributed by atoms with Crippen molar-refractivity contribution >= 4 is 29.1 Å². The van der Waals surface area contributed by atoms with E-state index in [0.717, 1.165) is 24.5 Å². The van der Waals surface area contributed by atoms with Crippen LogP contribution in [-0.2, 0) is 9.53 Å². The van der Waals surface area contributed by atoms with Crippen molar-refractivity contribution < 1.29 is 9.53 Å². The molecule has 1 N–H and O–H groups in total. The molecule has 23 heavy (non-hydrogen) atoms. The number of hydrogen-bond donors (Lipinski definition) is 1. The Kier molecular flexibility index (Phi) is 8.06. The predicted molar refractivity (Wildman–Crippen MR) is 96.4 cm³/mol. The van der Waals surface area contributed by atoms with Crippen LogP contribution in [-0.4, -0.2) is 31.9 Å². The molecule has 0 bridgehead atoms. The minimum absolute atomic E-state index is 0.00725. The fraction of sp³-hybridized carbons (Fsp3) is 0.412. The van der Waals surface area contributed by atoms with Gasteiger partial charge in [0.2, 0.25) is 0 Å². The van der Waals surface area contributed by atoms with Crippen molar-refractivity contribution in [1.82, 2.24) is 0 Å². The molecule has 6 heteroatoms. The summed E-state index contributed by atoms with van der Waals surface area (Å²) >= 11 is 1.31. The second-order valence-corrected chi connectivity index (χ2v) is 5.40. The summed E-state index contributed by atoms with van der Waals surface area (Å²) in [4.78, 5) is 14.1. The molecule has 0 aliphatic heterocycles. The minimum atomic E-state index is -0.605. The third-order valence-corrected chi connectivity index (χ3v) is 3.99. The molecule has 0 spiro atoms. The van der Waals surface area contributed by atoms with Crippen molar-refractivity contribution in [2.75, 3.05) is 36.2 Å². The Hall–Kier alpha value is -2.13. The van der Waals surface area contributed by atoms with Crippen LogP contribution in [0.1, 0.15) is 20.8 Å². The van der Waals surface area contributed by atoms with Crippen LogP contribution in [0, 0.1) is 11.3 Å². The normalized spacial score (nSPS) is 11.3. The van der Waals surface area contributed by atoms with Crippen molar-refractivity contribution in [1.29, 1.82) is 5.26 Å². The van der Waals surface area contributed by atoms with E-state index in [4.69, 9.17) is 4.74 Å². The van der Waals surface area contributed by atoms with Gasteiger partial charge in [0.05, 0.1) is 11.6 Å². The zero-order valence-corrected chi connectivity index (χ0v) is 14.9. The SMILES string of the molecule is CCOC(=O)C(C#N)=C(Nc1ccc(N(CC)CC)cc1)SC. The Morgan fingerprint density at radius 1 is 1.26 bits per heavy atom. The molecule has 1 aromatic carbocycles. The van der Waals surface area contributed by atoms with Crippen LogP contribution in [0.5, 0.6) is 0 Å². The van der Waals surface area contributed by atoms with Crippen molar-refractivity contribution in [2.45, 2.75) is 20.8 Å². The third kappa shape index (κ3) is 5.22. The lowest BCUT2D eigenvalue weighted by Crippen LogP contribution is -2.21. The third-order valence-electron chi connectivity index (χ3n) is 3.28. The monoisotopic (exact) mass is 333 g/mol. The van der Waals surface area contributed by atoms with Crippen LogP contribution in [0.3, 0.4) is 0 Å². The van der Waals surface area contributed by atoms with Crippen molar-refractivity contribution in [3.8, 4) is 6.07 Å². The molecule has 0 saturated carbocycles. The highest BCUT2D eigenvalue weighted by Gasteiger charge is 2.16. The molecule has 1 aromatic rings. The molecule has 0 radical (unpaired) electrons. The van der Waals surface area contributed by atoms with Gasteiger partial charge in [-0.3, -0.25) is 0 Å². The van der Waals surface area contributed by atoms with Gasteiger partial charge in [-0.05, 0) is 51.3 Å². The topological polar surface area (TPSA) is 65.4 Å². The number of ether oxygens (including phenoxy) is 1. The highest BCUT2D eigenvalue weighted by Crippen LogP contribution is 2.23. The first-order chi connectivity index (χ1) is 11.1. The lowest BCUT2D eigenvalue weighted by atomic mass is 10.2. The van der Waals surface area contributed by atoms with E-state index in [1.165, 1.54) is 11.8 Å². The Balaban J connectivity index is 2.99. The van der Waals surface area contributed by atoms with Gasteiger partial charge >= 0.3 is 5.97 Å². The van der Waals surface area contributed by atoms with Crippen molar-refractivity contribution in [3.63, 3.8) is 0 Å². The van der Waals surface area contributed by atoms with Crippen LogP contribution < -0.4 is 10.2 Å². The zero-order chi connectivity index (χ0) is 17.2. The first-order valence-electron chi connectivity index (χ1n) is 7.58. The summed E-state index contributed by atoms with van der Waals surface area (Å²) < 4.78 is 4.92. The van der Waals surface area contributed by atoms with E-state index in [1.54, 1.807) is 6.92 Å². The first-order valence-corrected chi connectivity index (χ1v) is 8.81. The van der Waals surface area contributed by atoms with Gasteiger partial charge in [0.25, 0.3) is 0 Å². The molecule has 0 aromatic heterocycles. The van der Waals surface area contributed by atoms with Gasteiger partial charge in [-0.25, -0.2) is 4.79 Å². The number of carbonyl (C=O) groups excluding carboxylic acids is 1. The highest BCUT2D eigenvalue weighted by molar-refractivity contribution is 8.02. The predicted octanol–water partition coefficient (Wildman–Crippen LogP) is 3.61. The Bertz CT molecular complexity index is 587. The van der Waals surface area contributed by atoms with Crippen LogP contribution >= 0.6 is 11.8 Å². The molecule has 0 aliphatic rings. The molecule has 1 rings (SSSR count). The van der Waals surface area contributed by atoms with Gasteiger partial charge in [0.15, 0.2) is 5.57 Å². The smallest absolute Gasteiger partial charge is 0.351 e. The summed E-state index contributed by atoms with van der Waals surface area (Å²) in [6.45, 7) is 8.07. The Morgan fingerprint density at radius 2 is 1.87 bits per heavy atom. The molecule has 0 aliphatic carbocycles. The molecule has 0 amide bonds. The molecule has 0 atom stereocenters. The largest absolute Gasteiger partial charge is 0.462 e. The fourth-order valence-corrected chi connectivity index (χ4v) is 2.64. The second-order valence-electron chi connectivity index (χ2n) is 4.58. The molecule has 124 valence electrons. The summed E-state index contributed by atoms with van der Waals surface area (Å²) in [5, 5.41) is 12.8. The van der Waals surface area contributed by atoms with Crippen LogP contribution in [0.25, 0.3) is 0 Å². The summed E-state index contributed by atoms with van der Waals surface area (Å²) in [7, 11) is 0. The van der Waals surface area contributed by atoms with Crippen LogP contribution in [0.15, 0.2) is 34.9 Å². The van der Waals surface area contributed by atoms with E-state index in [9.17, 15) is 10.1 Å². The number of nitriles is 1. The maximum absolute atomic E-state index is 11.8. The van der Waals surface area contributed by atoms with Crippen LogP contribution in [0.2, 0.25) is 0 Å². The maximum atomic E-state index is 11.8. The van der Waals surface area contributed by atoms with E-state index < -0.39 is 5.97 Å². The second kappa shape index (κ2) is 9.80. The van der Waals surface area contributed by atoms with Crippen LogP contribution in [0.4, 0.5) is 11.4 Å². The number of rotatable bonds is 8. The minimum Gasteiger partial charge on any atom is -0.462 e. The Labute approximate surface area is 142 Å². The van der Waals surface area contributed by atoms with Gasteiger partial charge in [-0.2, -0.15) is 5.26 Å². The summed E-state index contributed by atoms with van der Waals surface area (Å²) in [6, 6.07) is 9.82. The summed E-state index contributed by atoms with van der Waals surface area (Å²) in [6.07, 6.45) is 1.81. The number of hydrogen-bond acceptors (Lipinski definition) is 6. The number of esters is 1. The zero-order valence-electron chi connectivity index (χ0n) is 14.0. The van der Waals surface area contributed by atoms with E-state index in [-0.39, 0.29) is 12.2 Å². The van der Waals surface area contributed by atoms with Gasteiger partial charge in [0, 0.05) is 24.5 Å². The van der Waals surface area contributed by atoms with Gasteiger partial charge in [-0.1, -0.05) is 0 Å². The summed E-state index contributed by atoms with van der Waals surface area (Å²) in [5.74, 6) is -0.605. The van der Waals surface area contributed by atoms with E-state index in [0.29, 0.717) is 5.03 Å². The quantitative estimate of drug-likeness (QED) is 0.445. The molecular weight excluding hydrogens is 310 g/mol. The number of benzene rings is 1. The average Bonchev–Trinajstić information content (AvgIpc) is 2.57. The fourth-order valence-electron chi connectivity index (χ4n) is 2.08. The number of anilines is 2. The van der Waals surface area contributed by atoms with Crippen molar-refractivity contribution in [2.24, 2.45) is 0 Å². The van der Waals surface area contributed by atoms with E-state index >= 15 is 0 Å². The highest BCUT2D eigenvalue weighted by atomic mass is 32.2. The maximum Gasteiger partial charge on any atom is 0.351 e. The first kappa shape index (κ1) is 18.9. The lowest BCUT2D eigenvalue weighted by molar-refractivity contribution is -0.138. The molecule has 0 heterocycles. The molecule has 0 fully saturated rings. The molecule has 0 unspecified atom stereocenters. The lowest BCUT2D eigenvalue weighted by Gasteiger charge is -2.21. The molecule has 0 saturated heterocycles. The van der Waals surface area contributed by atoms with Crippen molar-refractivity contribution in [3.05, 3.63) is 34.9 Å². The number of nitrogens with one attached hydrogen (secondary N) is 1. The number of thioether (sulfide) groups is 1. The van der Waals surface area contributed by atoms with E-state index in [2.05, 4.69) is 24.1 Å². The molecule has 5 nitrogen and oxygen atoms in total. The molecular formula is C17H23N3O2S. The van der Waals surface area contributed by atoms with Gasteiger partial charge < -0.3 is 15.0 Å². The van der Waals surface area contributed by atoms with Gasteiger partial charge in [0.1, 0.15) is 6.07 Å². The standard InChI is InChI=1S/C17H23N3O2S/c1-5-20(6-2)14-10-8-13(9-11-14)19-16(23-4)15(12-18)17(21)22-7-3/h8-11,19H,5-7H2,1-4H3.